The minimum atomic E-state index is 0.0977. The molecule has 6 heteroatoms. The summed E-state index contributed by atoms with van der Waals surface area (Å²) in [5, 5.41) is 14.5. The predicted octanol–water partition coefficient (Wildman–Crippen LogP) is 3.19. The van der Waals surface area contributed by atoms with E-state index in [9.17, 15) is 0 Å². The van der Waals surface area contributed by atoms with Crippen molar-refractivity contribution in [3.63, 3.8) is 0 Å². The molecule has 0 radical (unpaired) electrons. The number of aliphatic imine (C=N–C) groups is 1. The number of unbranched alkanes of at least 4 members (excludes halogenated alkanes) is 4. The summed E-state index contributed by atoms with van der Waals surface area (Å²) < 4.78 is 0. The Morgan fingerprint density at radius 1 is 1.29 bits per heavy atom. The lowest BCUT2D eigenvalue weighted by atomic mass is 10.1. The van der Waals surface area contributed by atoms with Crippen LogP contribution in [0.1, 0.15) is 51.9 Å². The summed E-state index contributed by atoms with van der Waals surface area (Å²) in [6.07, 6.45) is 11.4. The van der Waals surface area contributed by atoms with Gasteiger partial charge in [-0.2, -0.15) is 4.99 Å². The van der Waals surface area contributed by atoms with E-state index in [1.54, 1.807) is 0 Å². The summed E-state index contributed by atoms with van der Waals surface area (Å²) in [5.41, 5.74) is 6.74. The summed E-state index contributed by atoms with van der Waals surface area (Å²) in [6, 6.07) is 0. The fourth-order valence-electron chi connectivity index (χ4n) is 2.00. The highest BCUT2D eigenvalue weighted by molar-refractivity contribution is 6.29. The quantitative estimate of drug-likeness (QED) is 0.331. The van der Waals surface area contributed by atoms with Crippen LogP contribution in [0.3, 0.4) is 0 Å². The number of allylic oxidation sites excluding steroid dienone is 4. The van der Waals surface area contributed by atoms with Crippen LogP contribution in [0.5, 0.6) is 0 Å². The molecule has 0 aromatic carbocycles. The normalized spacial score (nSPS) is 15.2. The Hall–Kier alpha value is -1.49. The van der Waals surface area contributed by atoms with Gasteiger partial charge in [0.05, 0.1) is 0 Å². The van der Waals surface area contributed by atoms with Crippen molar-refractivity contribution in [1.29, 1.82) is 5.41 Å². The smallest absolute Gasteiger partial charge is 0.218 e. The number of nitrogens with one attached hydrogen (secondary N) is 3. The third kappa shape index (κ3) is 8.40. The first kappa shape index (κ1) is 17.6. The Balaban J connectivity index is 2.22. The van der Waals surface area contributed by atoms with Gasteiger partial charge in [-0.15, -0.1) is 0 Å². The molecule has 0 aromatic heterocycles. The maximum absolute atomic E-state index is 7.71. The average molecular weight is 312 g/mol. The number of nitrogens with zero attached hydrogens (tertiary/aromatic N) is 1. The van der Waals surface area contributed by atoms with Gasteiger partial charge in [0.2, 0.25) is 11.9 Å². The van der Waals surface area contributed by atoms with Crippen LogP contribution in [0, 0.1) is 5.41 Å². The Morgan fingerprint density at radius 3 is 2.71 bits per heavy atom. The molecule has 0 aromatic rings. The molecule has 1 rings (SSSR count). The fourth-order valence-corrected chi connectivity index (χ4v) is 2.16. The maximum atomic E-state index is 7.71. The second-order valence-electron chi connectivity index (χ2n) is 5.12. The standard InChI is InChI=1S/C15H26ClN5/c1-2-3-4-5-6-11-19-14(17)21-15(18)20-13-9-7-12(16)8-10-13/h7,9H,2-6,8,10-11H2,1H3,(H5,17,18,19,20,21). The van der Waals surface area contributed by atoms with Gasteiger partial charge < -0.3 is 16.4 Å². The van der Waals surface area contributed by atoms with Crippen LogP contribution in [0.25, 0.3) is 0 Å². The molecule has 118 valence electrons. The van der Waals surface area contributed by atoms with E-state index in [0.29, 0.717) is 0 Å². The van der Waals surface area contributed by atoms with E-state index < -0.39 is 0 Å². The van der Waals surface area contributed by atoms with E-state index in [0.717, 1.165) is 36.5 Å². The largest absolute Gasteiger partial charge is 0.369 e. The Labute approximate surface area is 132 Å². The van der Waals surface area contributed by atoms with Crippen LogP contribution in [0.15, 0.2) is 27.9 Å². The molecule has 0 bridgehead atoms. The average Bonchev–Trinajstić information content (AvgIpc) is 2.45. The van der Waals surface area contributed by atoms with E-state index in [2.05, 4.69) is 22.5 Å². The molecule has 0 saturated carbocycles. The number of nitrogens with two attached hydrogens (primary N) is 1. The van der Waals surface area contributed by atoms with Crippen molar-refractivity contribution in [2.45, 2.75) is 51.9 Å². The molecule has 0 spiro atoms. The van der Waals surface area contributed by atoms with Crippen molar-refractivity contribution in [3.05, 3.63) is 22.9 Å². The van der Waals surface area contributed by atoms with E-state index in [1.165, 1.54) is 25.7 Å². The van der Waals surface area contributed by atoms with Crippen molar-refractivity contribution in [3.8, 4) is 0 Å². The zero-order chi connectivity index (χ0) is 15.5. The van der Waals surface area contributed by atoms with Crippen molar-refractivity contribution in [1.82, 2.24) is 10.6 Å². The van der Waals surface area contributed by atoms with Crippen LogP contribution >= 0.6 is 11.6 Å². The molecule has 1 aliphatic carbocycles. The van der Waals surface area contributed by atoms with Crippen LogP contribution in [-0.2, 0) is 0 Å². The van der Waals surface area contributed by atoms with Crippen LogP contribution in [0.4, 0.5) is 0 Å². The van der Waals surface area contributed by atoms with Gasteiger partial charge in [0.1, 0.15) is 0 Å². The monoisotopic (exact) mass is 311 g/mol. The van der Waals surface area contributed by atoms with E-state index in [4.69, 9.17) is 22.7 Å². The maximum Gasteiger partial charge on any atom is 0.218 e. The van der Waals surface area contributed by atoms with Gasteiger partial charge in [-0.3, -0.25) is 5.41 Å². The van der Waals surface area contributed by atoms with E-state index >= 15 is 0 Å². The number of halogens is 1. The Morgan fingerprint density at radius 2 is 2.05 bits per heavy atom. The molecule has 0 aliphatic heterocycles. The highest BCUT2D eigenvalue weighted by atomic mass is 35.5. The van der Waals surface area contributed by atoms with Gasteiger partial charge in [0, 0.05) is 17.3 Å². The van der Waals surface area contributed by atoms with Gasteiger partial charge >= 0.3 is 0 Å². The fraction of sp³-hybridized carbons (Fsp3) is 0.600. The summed E-state index contributed by atoms with van der Waals surface area (Å²) in [4.78, 5) is 3.99. The van der Waals surface area contributed by atoms with Gasteiger partial charge in [0.25, 0.3) is 0 Å². The number of rotatable bonds is 7. The topological polar surface area (TPSA) is 86.3 Å². The number of hydrogen-bond acceptors (Lipinski definition) is 1. The zero-order valence-corrected chi connectivity index (χ0v) is 13.5. The molecule has 0 unspecified atom stereocenters. The van der Waals surface area contributed by atoms with Gasteiger partial charge in [-0.25, -0.2) is 0 Å². The highest BCUT2D eigenvalue weighted by Gasteiger charge is 2.05. The molecular weight excluding hydrogens is 286 g/mol. The summed E-state index contributed by atoms with van der Waals surface area (Å²) in [6.45, 7) is 2.96. The molecule has 0 fully saturated rings. The Kier molecular flexibility index (Phi) is 8.59. The molecule has 5 N–H and O–H groups in total. The minimum absolute atomic E-state index is 0.0977. The van der Waals surface area contributed by atoms with Gasteiger partial charge in [0.15, 0.2) is 0 Å². The van der Waals surface area contributed by atoms with E-state index in [1.807, 2.05) is 12.2 Å². The molecule has 0 heterocycles. The predicted molar refractivity (Wildman–Crippen MR) is 90.5 cm³/mol. The van der Waals surface area contributed by atoms with Crippen LogP contribution in [0.2, 0.25) is 0 Å². The van der Waals surface area contributed by atoms with Crippen LogP contribution < -0.4 is 16.4 Å². The number of hydrogen-bond donors (Lipinski definition) is 4. The summed E-state index contributed by atoms with van der Waals surface area (Å²) in [7, 11) is 0. The zero-order valence-electron chi connectivity index (χ0n) is 12.7. The van der Waals surface area contributed by atoms with Crippen molar-refractivity contribution >= 4 is 23.5 Å². The van der Waals surface area contributed by atoms with Crippen molar-refractivity contribution in [2.24, 2.45) is 10.7 Å². The molecule has 1 aliphatic rings. The molecular formula is C15H26ClN5. The molecule has 0 atom stereocenters. The van der Waals surface area contributed by atoms with E-state index in [-0.39, 0.29) is 11.9 Å². The lowest BCUT2D eigenvalue weighted by Crippen LogP contribution is -2.34. The number of guanidine groups is 2. The first-order valence-electron chi connectivity index (χ1n) is 7.60. The Bertz CT molecular complexity index is 426. The first-order chi connectivity index (χ1) is 10.1. The van der Waals surface area contributed by atoms with Crippen molar-refractivity contribution in [2.75, 3.05) is 6.54 Å². The molecule has 21 heavy (non-hydrogen) atoms. The van der Waals surface area contributed by atoms with Crippen LogP contribution in [-0.4, -0.2) is 18.5 Å². The minimum Gasteiger partial charge on any atom is -0.369 e. The third-order valence-corrected chi connectivity index (χ3v) is 3.51. The van der Waals surface area contributed by atoms with Gasteiger partial charge in [-0.1, -0.05) is 44.2 Å². The lowest BCUT2D eigenvalue weighted by molar-refractivity contribution is 0.623. The second-order valence-corrected chi connectivity index (χ2v) is 5.60. The first-order valence-corrected chi connectivity index (χ1v) is 7.98. The lowest BCUT2D eigenvalue weighted by Gasteiger charge is -2.13. The molecule has 0 saturated heterocycles. The van der Waals surface area contributed by atoms with Gasteiger partial charge in [-0.05, 0) is 31.4 Å². The summed E-state index contributed by atoms with van der Waals surface area (Å²) >= 11 is 5.89. The SMILES string of the molecule is CCCCCCCNC(=N)/N=C(\N)NC1=CC=C(Cl)CC1. The third-order valence-electron chi connectivity index (χ3n) is 3.19. The molecule has 5 nitrogen and oxygen atoms in total. The second kappa shape index (κ2) is 10.3. The molecule has 0 amide bonds. The highest BCUT2D eigenvalue weighted by Crippen LogP contribution is 2.18. The summed E-state index contributed by atoms with van der Waals surface area (Å²) in [5.74, 6) is 0.330. The van der Waals surface area contributed by atoms with Crippen molar-refractivity contribution < 1.29 is 0 Å².